The van der Waals surface area contributed by atoms with Crippen LogP contribution >= 0.6 is 0 Å². The molecule has 0 aliphatic carbocycles. The minimum absolute atomic E-state index is 0.0664. The zero-order chi connectivity index (χ0) is 22.2. The third-order valence-electron chi connectivity index (χ3n) is 6.24. The highest BCUT2D eigenvalue weighted by atomic mass is 19.4. The van der Waals surface area contributed by atoms with Gasteiger partial charge in [0.1, 0.15) is 5.82 Å². The molecular formula is C22H26F4N4O. The third kappa shape index (κ3) is 4.92. The number of carbonyl (C=O) groups is 1. The van der Waals surface area contributed by atoms with Gasteiger partial charge in [-0.25, -0.2) is 4.39 Å². The fourth-order valence-electron chi connectivity index (χ4n) is 4.33. The summed E-state index contributed by atoms with van der Waals surface area (Å²) >= 11 is 0. The van der Waals surface area contributed by atoms with Crippen molar-refractivity contribution in [3.63, 3.8) is 0 Å². The zero-order valence-electron chi connectivity index (χ0n) is 17.5. The molecule has 1 saturated heterocycles. The summed E-state index contributed by atoms with van der Waals surface area (Å²) in [6.45, 7) is 4.67. The summed E-state index contributed by atoms with van der Waals surface area (Å²) in [5.74, 6) is 0.180. The normalized spacial score (nSPS) is 18.3. The number of carbonyl (C=O) groups excluding carboxylic acids is 1. The van der Waals surface area contributed by atoms with E-state index in [2.05, 4.69) is 16.9 Å². The molecule has 2 aliphatic rings. The maximum atomic E-state index is 13.6. The lowest BCUT2D eigenvalue weighted by Gasteiger charge is -2.33. The van der Waals surface area contributed by atoms with Crippen LogP contribution in [0.2, 0.25) is 0 Å². The number of piperidine rings is 1. The van der Waals surface area contributed by atoms with Gasteiger partial charge >= 0.3 is 6.18 Å². The monoisotopic (exact) mass is 438 g/mol. The molecule has 0 unspecified atom stereocenters. The first-order chi connectivity index (χ1) is 14.7. The van der Waals surface area contributed by atoms with E-state index in [1.54, 1.807) is 4.90 Å². The first-order valence-corrected chi connectivity index (χ1v) is 10.6. The summed E-state index contributed by atoms with van der Waals surface area (Å²) in [5.41, 5.74) is 0.321. The van der Waals surface area contributed by atoms with Crippen molar-refractivity contribution < 1.29 is 22.4 Å². The molecule has 31 heavy (non-hydrogen) atoms. The molecule has 0 radical (unpaired) electrons. The topological polar surface area (TPSA) is 41.4 Å². The van der Waals surface area contributed by atoms with Crippen LogP contribution in [0, 0.1) is 11.7 Å². The number of alkyl halides is 3. The van der Waals surface area contributed by atoms with Crippen molar-refractivity contribution >= 4 is 5.91 Å². The number of likely N-dealkylation sites (tertiary alicyclic amines) is 1. The van der Waals surface area contributed by atoms with Gasteiger partial charge in [0.05, 0.1) is 25.3 Å². The second-order valence-electron chi connectivity index (χ2n) is 8.58. The van der Waals surface area contributed by atoms with E-state index in [0.717, 1.165) is 25.9 Å². The Bertz CT molecular complexity index is 930. The summed E-state index contributed by atoms with van der Waals surface area (Å²) in [6.07, 6.45) is -2.33. The van der Waals surface area contributed by atoms with Gasteiger partial charge in [-0.2, -0.15) is 18.3 Å². The van der Waals surface area contributed by atoms with Gasteiger partial charge in [-0.3, -0.25) is 14.4 Å². The van der Waals surface area contributed by atoms with Crippen LogP contribution in [-0.2, 0) is 30.5 Å². The highest BCUT2D eigenvalue weighted by Crippen LogP contribution is 2.35. The molecule has 3 heterocycles. The maximum absolute atomic E-state index is 13.6. The Morgan fingerprint density at radius 3 is 2.45 bits per heavy atom. The molecule has 1 amide bonds. The van der Waals surface area contributed by atoms with E-state index < -0.39 is 17.7 Å². The molecule has 0 atom stereocenters. The lowest BCUT2D eigenvalue weighted by atomic mass is 9.99. The van der Waals surface area contributed by atoms with Crippen LogP contribution in [0.4, 0.5) is 17.6 Å². The number of nitrogens with zero attached hydrogens (tertiary/aromatic N) is 4. The Kier molecular flexibility index (Phi) is 6.05. The van der Waals surface area contributed by atoms with Crippen molar-refractivity contribution in [3.8, 4) is 0 Å². The van der Waals surface area contributed by atoms with Gasteiger partial charge in [-0.05, 0) is 56.0 Å². The van der Waals surface area contributed by atoms with Gasteiger partial charge in [0.2, 0.25) is 5.91 Å². The Morgan fingerprint density at radius 2 is 1.81 bits per heavy atom. The average Bonchev–Trinajstić information content (AvgIpc) is 3.09. The van der Waals surface area contributed by atoms with Crippen LogP contribution in [0.25, 0.3) is 0 Å². The number of hydrogen-bond acceptors (Lipinski definition) is 3. The first kappa shape index (κ1) is 21.8. The Morgan fingerprint density at radius 1 is 1.13 bits per heavy atom. The van der Waals surface area contributed by atoms with Crippen LogP contribution in [-0.4, -0.2) is 51.7 Å². The molecule has 5 nitrogen and oxygen atoms in total. The molecule has 9 heteroatoms. The second-order valence-corrected chi connectivity index (χ2v) is 8.58. The number of fused-ring (bicyclic) bond motifs is 1. The Hall–Kier alpha value is -2.42. The van der Waals surface area contributed by atoms with Gasteiger partial charge in [-0.15, -0.1) is 0 Å². The van der Waals surface area contributed by atoms with Crippen LogP contribution in [0.5, 0.6) is 0 Å². The van der Waals surface area contributed by atoms with Crippen molar-refractivity contribution in [2.45, 2.75) is 45.5 Å². The lowest BCUT2D eigenvalue weighted by Crippen LogP contribution is -2.45. The van der Waals surface area contributed by atoms with Gasteiger partial charge in [-0.1, -0.05) is 19.1 Å². The summed E-state index contributed by atoms with van der Waals surface area (Å²) in [5, 5.41) is 3.85. The zero-order valence-corrected chi connectivity index (χ0v) is 17.5. The van der Waals surface area contributed by atoms with Crippen molar-refractivity contribution in [2.75, 3.05) is 26.2 Å². The molecule has 1 aromatic carbocycles. The highest BCUT2D eigenvalue weighted by molar-refractivity contribution is 5.78. The molecule has 0 bridgehead atoms. The summed E-state index contributed by atoms with van der Waals surface area (Å²) in [4.78, 5) is 16.6. The van der Waals surface area contributed by atoms with Crippen molar-refractivity contribution in [1.82, 2.24) is 19.6 Å². The molecule has 2 aliphatic heterocycles. The minimum Gasteiger partial charge on any atom is -0.335 e. The smallest absolute Gasteiger partial charge is 0.335 e. The largest absolute Gasteiger partial charge is 0.435 e. The molecule has 168 valence electrons. The van der Waals surface area contributed by atoms with E-state index in [1.807, 2.05) is 0 Å². The highest BCUT2D eigenvalue weighted by Gasteiger charge is 2.41. The average molecular weight is 438 g/mol. The van der Waals surface area contributed by atoms with Crippen LogP contribution < -0.4 is 0 Å². The van der Waals surface area contributed by atoms with Crippen molar-refractivity contribution in [2.24, 2.45) is 5.92 Å². The van der Waals surface area contributed by atoms with Gasteiger partial charge in [0, 0.05) is 12.1 Å². The summed E-state index contributed by atoms with van der Waals surface area (Å²) < 4.78 is 55.2. The van der Waals surface area contributed by atoms with E-state index in [1.165, 1.54) is 28.9 Å². The number of amides is 1. The molecule has 1 aromatic heterocycles. The molecule has 0 saturated carbocycles. The lowest BCUT2D eigenvalue weighted by molar-refractivity contribution is -0.142. The van der Waals surface area contributed by atoms with Crippen LogP contribution in [0.1, 0.15) is 42.3 Å². The molecule has 2 aromatic rings. The van der Waals surface area contributed by atoms with E-state index in [9.17, 15) is 22.4 Å². The third-order valence-corrected chi connectivity index (χ3v) is 6.24. The second kappa shape index (κ2) is 8.61. The summed E-state index contributed by atoms with van der Waals surface area (Å²) in [7, 11) is 0. The molecule has 0 N–H and O–H groups in total. The Balaban J connectivity index is 1.54. The standard InChI is InChI=1S/C22H26F4N4O/c1-15-6-9-28(10-7-15)14-20(31)29-11-8-18-19(13-29)30(27-21(18)22(24,25)26)12-16-2-4-17(23)5-3-16/h2-5,15H,6-14H2,1H3. The number of aromatic nitrogens is 2. The van der Waals surface area contributed by atoms with E-state index >= 15 is 0 Å². The van der Waals surface area contributed by atoms with Crippen molar-refractivity contribution in [1.29, 1.82) is 0 Å². The Labute approximate surface area is 178 Å². The predicted molar refractivity (Wildman–Crippen MR) is 107 cm³/mol. The SMILES string of the molecule is CC1CCN(CC(=O)N2CCc3c(C(F)(F)F)nn(Cc4ccc(F)cc4)c3C2)CC1. The van der Waals surface area contributed by atoms with Gasteiger partial charge in [0.25, 0.3) is 0 Å². The van der Waals surface area contributed by atoms with Crippen molar-refractivity contribution in [3.05, 3.63) is 52.6 Å². The molecule has 0 spiro atoms. The maximum Gasteiger partial charge on any atom is 0.435 e. The van der Waals surface area contributed by atoms with Crippen LogP contribution in [0.3, 0.4) is 0 Å². The molecular weight excluding hydrogens is 412 g/mol. The van der Waals surface area contributed by atoms with E-state index in [0.29, 0.717) is 23.7 Å². The molecule has 4 rings (SSSR count). The molecule has 1 fully saturated rings. The van der Waals surface area contributed by atoms with Gasteiger partial charge in [0.15, 0.2) is 5.69 Å². The fourth-order valence-corrected chi connectivity index (χ4v) is 4.33. The number of hydrogen-bond donors (Lipinski definition) is 0. The number of rotatable bonds is 4. The quantitative estimate of drug-likeness (QED) is 0.684. The van der Waals surface area contributed by atoms with Gasteiger partial charge < -0.3 is 4.90 Å². The first-order valence-electron chi connectivity index (χ1n) is 10.6. The minimum atomic E-state index is -4.56. The number of halogens is 4. The van der Waals surface area contributed by atoms with Crippen LogP contribution in [0.15, 0.2) is 24.3 Å². The van der Waals surface area contributed by atoms with E-state index in [4.69, 9.17) is 0 Å². The van der Waals surface area contributed by atoms with E-state index in [-0.39, 0.29) is 37.5 Å². The fraction of sp³-hybridized carbons (Fsp3) is 0.545. The number of benzene rings is 1. The predicted octanol–water partition coefficient (Wildman–Crippen LogP) is 3.71. The summed E-state index contributed by atoms with van der Waals surface area (Å²) in [6, 6.07) is 5.59.